The molecule has 21 heavy (non-hydrogen) atoms. The quantitative estimate of drug-likeness (QED) is 0.851. The molecule has 1 N–H and O–H groups in total. The van der Waals surface area contributed by atoms with Crippen molar-refractivity contribution in [1.82, 2.24) is 14.5 Å². The fourth-order valence-electron chi connectivity index (χ4n) is 1.86. The lowest BCUT2D eigenvalue weighted by molar-refractivity contribution is -0.138. The second-order valence-corrected chi connectivity index (χ2v) is 5.52. The third-order valence-corrected chi connectivity index (χ3v) is 3.89. The smallest absolute Gasteiger partial charge is 0.303 e. The Bertz CT molecular complexity index is 722. The summed E-state index contributed by atoms with van der Waals surface area (Å²) in [5.74, 6) is -1.14. The molecule has 1 amide bonds. The van der Waals surface area contributed by atoms with E-state index in [4.69, 9.17) is 5.11 Å². The molecule has 112 valence electrons. The Morgan fingerprint density at radius 1 is 1.48 bits per heavy atom. The van der Waals surface area contributed by atoms with Gasteiger partial charge in [-0.05, 0) is 17.9 Å². The second kappa shape index (κ2) is 6.49. The number of hydrogen-bond acceptors (Lipinski definition) is 5. The molecule has 0 aliphatic heterocycles. The van der Waals surface area contributed by atoms with E-state index >= 15 is 0 Å². The minimum Gasteiger partial charge on any atom is -0.481 e. The highest BCUT2D eigenvalue weighted by Crippen LogP contribution is 2.13. The predicted molar refractivity (Wildman–Crippen MR) is 78.4 cm³/mol. The van der Waals surface area contributed by atoms with E-state index in [2.05, 4.69) is 4.98 Å². The normalized spacial score (nSPS) is 10.7. The Labute approximate surface area is 124 Å². The number of carbonyl (C=O) groups excluding carboxylic acids is 1. The fraction of sp³-hybridized carbons (Fsp3) is 0.385. The van der Waals surface area contributed by atoms with Crippen LogP contribution in [-0.2, 0) is 16.1 Å². The summed E-state index contributed by atoms with van der Waals surface area (Å²) < 4.78 is 1.27. The number of carboxylic acids is 1. The van der Waals surface area contributed by atoms with E-state index in [0.717, 1.165) is 0 Å². The van der Waals surface area contributed by atoms with Gasteiger partial charge in [0, 0.05) is 20.0 Å². The summed E-state index contributed by atoms with van der Waals surface area (Å²) in [6.45, 7) is 0.245. The number of aromatic nitrogens is 2. The van der Waals surface area contributed by atoms with E-state index in [1.807, 2.05) is 0 Å². The van der Waals surface area contributed by atoms with Crippen LogP contribution in [0.3, 0.4) is 0 Å². The molecule has 0 bridgehead atoms. The zero-order valence-corrected chi connectivity index (χ0v) is 12.3. The molecule has 2 aromatic heterocycles. The number of carboxylic acid groups (broad SMARTS) is 1. The largest absolute Gasteiger partial charge is 0.481 e. The first-order valence-corrected chi connectivity index (χ1v) is 7.25. The molecule has 0 aliphatic rings. The van der Waals surface area contributed by atoms with E-state index in [1.165, 1.54) is 27.1 Å². The summed E-state index contributed by atoms with van der Waals surface area (Å²) in [7, 11) is 1.59. The monoisotopic (exact) mass is 309 g/mol. The van der Waals surface area contributed by atoms with E-state index in [-0.39, 0.29) is 24.4 Å². The van der Waals surface area contributed by atoms with Gasteiger partial charge >= 0.3 is 5.97 Å². The maximum Gasteiger partial charge on any atom is 0.303 e. The lowest BCUT2D eigenvalue weighted by Gasteiger charge is -2.17. The number of amides is 1. The molecule has 0 aromatic carbocycles. The summed E-state index contributed by atoms with van der Waals surface area (Å²) >= 11 is 1.37. The van der Waals surface area contributed by atoms with Crippen molar-refractivity contribution in [3.8, 4) is 0 Å². The van der Waals surface area contributed by atoms with Gasteiger partial charge in [0.2, 0.25) is 5.91 Å². The van der Waals surface area contributed by atoms with Crippen LogP contribution in [0.4, 0.5) is 0 Å². The van der Waals surface area contributed by atoms with E-state index in [9.17, 15) is 14.4 Å². The SMILES string of the molecule is CN(CCCC(=O)O)C(=O)Cn1cnc2sccc2c1=O. The van der Waals surface area contributed by atoms with Crippen molar-refractivity contribution in [2.45, 2.75) is 19.4 Å². The number of carbonyl (C=O) groups is 2. The van der Waals surface area contributed by atoms with Crippen LogP contribution >= 0.6 is 11.3 Å². The molecule has 0 unspecified atom stereocenters. The first-order valence-electron chi connectivity index (χ1n) is 6.37. The molecule has 7 nitrogen and oxygen atoms in total. The minimum atomic E-state index is -0.890. The second-order valence-electron chi connectivity index (χ2n) is 4.63. The molecule has 0 atom stereocenters. The van der Waals surface area contributed by atoms with Crippen molar-refractivity contribution in [2.24, 2.45) is 0 Å². The maximum absolute atomic E-state index is 12.1. The van der Waals surface area contributed by atoms with Gasteiger partial charge in [-0.25, -0.2) is 4.98 Å². The van der Waals surface area contributed by atoms with Gasteiger partial charge in [0.1, 0.15) is 11.4 Å². The van der Waals surface area contributed by atoms with Gasteiger partial charge in [-0.1, -0.05) is 0 Å². The topological polar surface area (TPSA) is 92.5 Å². The highest BCUT2D eigenvalue weighted by Gasteiger charge is 2.12. The Morgan fingerprint density at radius 3 is 2.95 bits per heavy atom. The van der Waals surface area contributed by atoms with Crippen LogP contribution in [0.2, 0.25) is 0 Å². The first kappa shape index (κ1) is 15.2. The molecular weight excluding hydrogens is 294 g/mol. The van der Waals surface area contributed by atoms with Crippen molar-refractivity contribution in [3.05, 3.63) is 28.1 Å². The summed E-state index contributed by atoms with van der Waals surface area (Å²) in [6, 6.07) is 1.69. The maximum atomic E-state index is 12.1. The summed E-state index contributed by atoms with van der Waals surface area (Å²) in [4.78, 5) is 40.8. The molecule has 0 aliphatic carbocycles. The Balaban J connectivity index is 2.02. The standard InChI is InChI=1S/C13H15N3O4S/c1-15(5-2-3-11(18)19)10(17)7-16-8-14-12-9(13(16)20)4-6-21-12/h4,6,8H,2-3,5,7H2,1H3,(H,18,19). The number of fused-ring (bicyclic) bond motifs is 1. The van der Waals surface area contributed by atoms with Crippen LogP contribution in [0.5, 0.6) is 0 Å². The molecule has 2 heterocycles. The first-order chi connectivity index (χ1) is 9.99. The summed E-state index contributed by atoms with van der Waals surface area (Å²) in [5, 5.41) is 10.8. The predicted octanol–water partition coefficient (Wildman–Crippen LogP) is 0.781. The molecule has 0 spiro atoms. The Morgan fingerprint density at radius 2 is 2.24 bits per heavy atom. The zero-order chi connectivity index (χ0) is 15.4. The Hall–Kier alpha value is -2.22. The van der Waals surface area contributed by atoms with Crippen molar-refractivity contribution in [1.29, 1.82) is 0 Å². The highest BCUT2D eigenvalue weighted by atomic mass is 32.1. The average Bonchev–Trinajstić information content (AvgIpc) is 2.90. The van der Waals surface area contributed by atoms with E-state index in [1.54, 1.807) is 18.5 Å². The number of hydrogen-bond donors (Lipinski definition) is 1. The third kappa shape index (κ3) is 3.66. The number of nitrogens with zero attached hydrogens (tertiary/aromatic N) is 3. The van der Waals surface area contributed by atoms with Gasteiger partial charge in [0.05, 0.1) is 11.7 Å². The highest BCUT2D eigenvalue weighted by molar-refractivity contribution is 7.16. The van der Waals surface area contributed by atoms with Gasteiger partial charge in [-0.15, -0.1) is 11.3 Å². The lowest BCUT2D eigenvalue weighted by atomic mass is 10.3. The van der Waals surface area contributed by atoms with Gasteiger partial charge in [0.15, 0.2) is 0 Å². The van der Waals surface area contributed by atoms with Gasteiger partial charge in [-0.3, -0.25) is 19.0 Å². The summed E-state index contributed by atoms with van der Waals surface area (Å²) in [5.41, 5.74) is -0.242. The number of thiophene rings is 1. The Kier molecular flexibility index (Phi) is 4.69. The molecule has 2 rings (SSSR count). The van der Waals surface area contributed by atoms with Crippen LogP contribution < -0.4 is 5.56 Å². The zero-order valence-electron chi connectivity index (χ0n) is 11.5. The molecule has 2 aromatic rings. The van der Waals surface area contributed by atoms with E-state index < -0.39 is 5.97 Å². The van der Waals surface area contributed by atoms with Crippen molar-refractivity contribution in [3.63, 3.8) is 0 Å². The van der Waals surface area contributed by atoms with Crippen LogP contribution in [0.1, 0.15) is 12.8 Å². The van der Waals surface area contributed by atoms with Crippen LogP contribution in [-0.4, -0.2) is 45.0 Å². The minimum absolute atomic E-state index is 0.0139. The van der Waals surface area contributed by atoms with Crippen molar-refractivity contribution < 1.29 is 14.7 Å². The van der Waals surface area contributed by atoms with E-state index in [0.29, 0.717) is 23.2 Å². The van der Waals surface area contributed by atoms with Crippen molar-refractivity contribution >= 4 is 33.4 Å². The number of likely N-dealkylation sites (N-methyl/N-ethyl adjacent to an activating group) is 1. The number of rotatable bonds is 6. The third-order valence-electron chi connectivity index (χ3n) is 3.07. The summed E-state index contributed by atoms with van der Waals surface area (Å²) in [6.07, 6.45) is 1.76. The lowest BCUT2D eigenvalue weighted by Crippen LogP contribution is -2.34. The van der Waals surface area contributed by atoms with Crippen LogP contribution in [0.25, 0.3) is 10.2 Å². The molecule has 0 saturated heterocycles. The van der Waals surface area contributed by atoms with Crippen LogP contribution in [0, 0.1) is 0 Å². The molecular formula is C13H15N3O4S. The molecule has 0 saturated carbocycles. The van der Waals surface area contributed by atoms with Gasteiger partial charge in [0.25, 0.3) is 5.56 Å². The molecule has 8 heteroatoms. The van der Waals surface area contributed by atoms with Gasteiger partial charge in [-0.2, -0.15) is 0 Å². The van der Waals surface area contributed by atoms with Gasteiger partial charge < -0.3 is 10.0 Å². The molecule has 0 fully saturated rings. The number of aliphatic carboxylic acids is 1. The van der Waals surface area contributed by atoms with Crippen molar-refractivity contribution in [2.75, 3.05) is 13.6 Å². The molecule has 0 radical (unpaired) electrons. The van der Waals surface area contributed by atoms with Crippen LogP contribution in [0.15, 0.2) is 22.6 Å². The average molecular weight is 309 g/mol. The fourth-order valence-corrected chi connectivity index (χ4v) is 2.59.